The number of thioether (sulfide) groups is 2. The first-order valence-electron chi connectivity index (χ1n) is 5.62. The molecule has 6 heteroatoms. The Morgan fingerprint density at radius 3 is 2.78 bits per heavy atom. The number of amides is 1. The summed E-state index contributed by atoms with van der Waals surface area (Å²) in [5, 5.41) is 2.87. The maximum absolute atomic E-state index is 11.4. The Labute approximate surface area is 122 Å². The van der Waals surface area contributed by atoms with Crippen LogP contribution < -0.4 is 11.1 Å². The van der Waals surface area contributed by atoms with Crippen LogP contribution in [-0.2, 0) is 4.79 Å². The quantitative estimate of drug-likeness (QED) is 0.898. The van der Waals surface area contributed by atoms with Gasteiger partial charge in [-0.2, -0.15) is 0 Å². The fourth-order valence-electron chi connectivity index (χ4n) is 1.67. The number of hydrogen-bond donors (Lipinski definition) is 2. The monoisotopic (exact) mass is 304 g/mol. The van der Waals surface area contributed by atoms with E-state index >= 15 is 0 Å². The molecule has 1 amide bonds. The van der Waals surface area contributed by atoms with Crippen molar-refractivity contribution in [1.29, 1.82) is 0 Å². The molecule has 0 spiro atoms. The van der Waals surface area contributed by atoms with Crippen molar-refractivity contribution in [3.63, 3.8) is 0 Å². The number of benzene rings is 1. The van der Waals surface area contributed by atoms with E-state index in [-0.39, 0.29) is 18.3 Å². The van der Waals surface area contributed by atoms with Crippen LogP contribution in [0.1, 0.15) is 16.6 Å². The molecule has 0 saturated carbocycles. The number of carbonyl (C=O) groups excluding carboxylic acids is 1. The third-order valence-corrected chi connectivity index (χ3v) is 5.54. The number of halogens is 1. The van der Waals surface area contributed by atoms with Crippen LogP contribution in [0.5, 0.6) is 0 Å². The van der Waals surface area contributed by atoms with Crippen molar-refractivity contribution in [3.05, 3.63) is 29.8 Å². The van der Waals surface area contributed by atoms with E-state index in [0.29, 0.717) is 17.5 Å². The van der Waals surface area contributed by atoms with E-state index < -0.39 is 0 Å². The second-order valence-corrected chi connectivity index (χ2v) is 6.51. The number of anilines is 1. The topological polar surface area (TPSA) is 55.1 Å². The van der Waals surface area contributed by atoms with Gasteiger partial charge in [-0.1, -0.05) is 12.1 Å². The lowest BCUT2D eigenvalue weighted by atomic mass is 10.2. The zero-order chi connectivity index (χ0) is 12.1. The summed E-state index contributed by atoms with van der Waals surface area (Å²) in [6.07, 6.45) is 0.372. The maximum atomic E-state index is 11.4. The average molecular weight is 305 g/mol. The summed E-state index contributed by atoms with van der Waals surface area (Å²) >= 11 is 3.93. The number of nitrogens with one attached hydrogen (secondary N) is 1. The van der Waals surface area contributed by atoms with E-state index in [1.807, 2.05) is 35.7 Å². The highest BCUT2D eigenvalue weighted by Crippen LogP contribution is 2.45. The van der Waals surface area contributed by atoms with Gasteiger partial charge in [-0.05, 0) is 17.7 Å². The summed E-state index contributed by atoms with van der Waals surface area (Å²) in [5.41, 5.74) is 7.50. The zero-order valence-electron chi connectivity index (χ0n) is 9.93. The van der Waals surface area contributed by atoms with Crippen LogP contribution in [0.2, 0.25) is 0 Å². The first kappa shape index (κ1) is 15.7. The fourth-order valence-corrected chi connectivity index (χ4v) is 4.51. The lowest BCUT2D eigenvalue weighted by molar-refractivity contribution is -0.116. The Morgan fingerprint density at radius 2 is 2.11 bits per heavy atom. The van der Waals surface area contributed by atoms with Crippen molar-refractivity contribution in [2.45, 2.75) is 11.0 Å². The third-order valence-electron chi connectivity index (χ3n) is 2.44. The summed E-state index contributed by atoms with van der Waals surface area (Å²) in [5.74, 6) is 2.40. The summed E-state index contributed by atoms with van der Waals surface area (Å²) in [4.78, 5) is 11.4. The lowest BCUT2D eigenvalue weighted by Crippen LogP contribution is -2.16. The normalized spacial score (nSPS) is 15.2. The Hall–Kier alpha value is -0.360. The van der Waals surface area contributed by atoms with Crippen LogP contribution in [0.4, 0.5) is 5.69 Å². The van der Waals surface area contributed by atoms with E-state index in [9.17, 15) is 4.79 Å². The molecule has 0 aromatic heterocycles. The smallest absolute Gasteiger partial charge is 0.225 e. The highest BCUT2D eigenvalue weighted by atomic mass is 35.5. The number of carbonyl (C=O) groups is 1. The molecule has 1 aliphatic rings. The van der Waals surface area contributed by atoms with Gasteiger partial charge in [0.2, 0.25) is 5.91 Å². The summed E-state index contributed by atoms with van der Waals surface area (Å²) in [6.45, 7) is 0.389. The van der Waals surface area contributed by atoms with Gasteiger partial charge in [0.05, 0.1) is 4.58 Å². The predicted octanol–water partition coefficient (Wildman–Crippen LogP) is 2.87. The molecule has 1 fully saturated rings. The molecular weight excluding hydrogens is 288 g/mol. The van der Waals surface area contributed by atoms with Crippen molar-refractivity contribution < 1.29 is 4.79 Å². The summed E-state index contributed by atoms with van der Waals surface area (Å²) < 4.78 is 0.515. The molecular formula is C12H17ClN2OS2. The first-order valence-corrected chi connectivity index (χ1v) is 7.72. The van der Waals surface area contributed by atoms with Crippen LogP contribution in [0, 0.1) is 0 Å². The first-order chi connectivity index (χ1) is 8.29. The highest BCUT2D eigenvalue weighted by Gasteiger charge is 2.18. The molecule has 2 rings (SSSR count). The van der Waals surface area contributed by atoms with Gasteiger partial charge in [-0.15, -0.1) is 35.9 Å². The van der Waals surface area contributed by atoms with Gasteiger partial charge in [0.1, 0.15) is 0 Å². The molecule has 0 aliphatic carbocycles. The van der Waals surface area contributed by atoms with Crippen molar-refractivity contribution in [1.82, 2.24) is 0 Å². The van der Waals surface area contributed by atoms with Crippen molar-refractivity contribution in [2.24, 2.45) is 5.73 Å². The Balaban J connectivity index is 0.00000162. The average Bonchev–Trinajstić information content (AvgIpc) is 2.83. The minimum atomic E-state index is -0.0172. The van der Waals surface area contributed by atoms with Crippen LogP contribution in [0.3, 0.4) is 0 Å². The van der Waals surface area contributed by atoms with Gasteiger partial charge in [0.15, 0.2) is 0 Å². The molecule has 3 N–H and O–H groups in total. The molecule has 1 saturated heterocycles. The van der Waals surface area contributed by atoms with Gasteiger partial charge >= 0.3 is 0 Å². The van der Waals surface area contributed by atoms with Gasteiger partial charge in [0, 0.05) is 30.2 Å². The second-order valence-electron chi connectivity index (χ2n) is 3.79. The minimum Gasteiger partial charge on any atom is -0.330 e. The van der Waals surface area contributed by atoms with E-state index in [1.54, 1.807) is 0 Å². The van der Waals surface area contributed by atoms with Crippen LogP contribution >= 0.6 is 35.9 Å². The van der Waals surface area contributed by atoms with E-state index in [0.717, 1.165) is 5.69 Å². The lowest BCUT2D eigenvalue weighted by Gasteiger charge is -2.10. The molecule has 100 valence electrons. The molecule has 1 aromatic rings. The summed E-state index contributed by atoms with van der Waals surface area (Å²) in [7, 11) is 0. The molecule has 0 bridgehead atoms. The SMILES string of the molecule is Cl.NCCC(=O)Nc1cccc(C2SCCS2)c1. The van der Waals surface area contributed by atoms with Crippen LogP contribution in [0.15, 0.2) is 24.3 Å². The molecule has 0 radical (unpaired) electrons. The molecule has 18 heavy (non-hydrogen) atoms. The van der Waals surface area contributed by atoms with E-state index in [4.69, 9.17) is 5.73 Å². The zero-order valence-corrected chi connectivity index (χ0v) is 12.4. The fraction of sp³-hybridized carbons (Fsp3) is 0.417. The highest BCUT2D eigenvalue weighted by molar-refractivity contribution is 8.19. The van der Waals surface area contributed by atoms with E-state index in [2.05, 4.69) is 17.4 Å². The number of rotatable bonds is 4. The van der Waals surface area contributed by atoms with Gasteiger partial charge in [0.25, 0.3) is 0 Å². The van der Waals surface area contributed by atoms with Crippen LogP contribution in [-0.4, -0.2) is 24.0 Å². The molecule has 1 aromatic carbocycles. The third kappa shape index (κ3) is 4.39. The molecule has 0 atom stereocenters. The molecule has 1 heterocycles. The van der Waals surface area contributed by atoms with Gasteiger partial charge < -0.3 is 11.1 Å². The number of nitrogens with two attached hydrogens (primary N) is 1. The van der Waals surface area contributed by atoms with Crippen LogP contribution in [0.25, 0.3) is 0 Å². The standard InChI is InChI=1S/C12H16N2OS2.ClH/c13-5-4-11(15)14-10-3-1-2-9(8-10)12-16-6-7-17-12;/h1-3,8,12H,4-7,13H2,(H,14,15);1H. The van der Waals surface area contributed by atoms with Gasteiger partial charge in [-0.25, -0.2) is 0 Å². The Morgan fingerprint density at radius 1 is 1.39 bits per heavy atom. The number of hydrogen-bond acceptors (Lipinski definition) is 4. The largest absolute Gasteiger partial charge is 0.330 e. The van der Waals surface area contributed by atoms with E-state index in [1.165, 1.54) is 17.1 Å². The molecule has 0 unspecified atom stereocenters. The van der Waals surface area contributed by atoms with Gasteiger partial charge in [-0.3, -0.25) is 4.79 Å². The Bertz CT molecular complexity index is 397. The molecule has 3 nitrogen and oxygen atoms in total. The van der Waals surface area contributed by atoms with Crippen molar-refractivity contribution in [2.75, 3.05) is 23.4 Å². The van der Waals surface area contributed by atoms with Crippen molar-refractivity contribution in [3.8, 4) is 0 Å². The summed E-state index contributed by atoms with van der Waals surface area (Å²) in [6, 6.07) is 8.09. The Kier molecular flexibility index (Phi) is 6.92. The minimum absolute atomic E-state index is 0. The van der Waals surface area contributed by atoms with Crippen molar-refractivity contribution >= 4 is 47.5 Å². The molecule has 1 aliphatic heterocycles. The second kappa shape index (κ2) is 7.94. The maximum Gasteiger partial charge on any atom is 0.225 e. The predicted molar refractivity (Wildman–Crippen MR) is 83.6 cm³/mol.